The lowest BCUT2D eigenvalue weighted by Gasteiger charge is -2.11. The zero-order chi connectivity index (χ0) is 19.8. The summed E-state index contributed by atoms with van der Waals surface area (Å²) >= 11 is 1.58. The summed E-state index contributed by atoms with van der Waals surface area (Å²) in [6.45, 7) is 1.01. The van der Waals surface area contributed by atoms with Gasteiger partial charge in [-0.25, -0.2) is 4.39 Å². The number of hydrogen-bond donors (Lipinski definition) is 1. The maximum atomic E-state index is 13.6. The van der Waals surface area contributed by atoms with Crippen LogP contribution in [0.25, 0.3) is 10.2 Å². The molecule has 1 aliphatic heterocycles. The number of rotatable bonds is 5. The summed E-state index contributed by atoms with van der Waals surface area (Å²) in [5, 5.41) is 4.96. The quantitative estimate of drug-likeness (QED) is 0.527. The first-order valence-corrected chi connectivity index (χ1v) is 10.0. The highest BCUT2D eigenvalue weighted by molar-refractivity contribution is 7.17. The lowest BCUT2D eigenvalue weighted by atomic mass is 10.2. The number of carbonyl (C=O) groups excluding carboxylic acids is 1. The number of thiophene rings is 1. The molecule has 0 saturated carbocycles. The van der Waals surface area contributed by atoms with Crippen molar-refractivity contribution in [3.05, 3.63) is 82.6 Å². The van der Waals surface area contributed by atoms with Gasteiger partial charge in [-0.05, 0) is 52.9 Å². The second-order valence-corrected chi connectivity index (χ2v) is 7.73. The molecule has 0 aliphatic carbocycles. The van der Waals surface area contributed by atoms with Crippen molar-refractivity contribution in [2.45, 2.75) is 13.1 Å². The monoisotopic (exact) mass is 408 g/mol. The Bertz CT molecular complexity index is 1210. The van der Waals surface area contributed by atoms with Gasteiger partial charge in [0.25, 0.3) is 5.91 Å². The fraction of sp³-hybridized carbons (Fsp3) is 0.136. The summed E-state index contributed by atoms with van der Waals surface area (Å²) in [7, 11) is 0. The van der Waals surface area contributed by atoms with Crippen molar-refractivity contribution in [1.82, 2.24) is 9.88 Å². The van der Waals surface area contributed by atoms with Crippen molar-refractivity contribution < 1.29 is 18.7 Å². The van der Waals surface area contributed by atoms with E-state index in [0.29, 0.717) is 30.3 Å². The maximum absolute atomic E-state index is 13.6. The first-order valence-electron chi connectivity index (χ1n) is 9.15. The van der Waals surface area contributed by atoms with Gasteiger partial charge in [0, 0.05) is 13.1 Å². The predicted octanol–water partition coefficient (Wildman–Crippen LogP) is 4.55. The summed E-state index contributed by atoms with van der Waals surface area (Å²) in [6.07, 6.45) is 0. The van der Waals surface area contributed by atoms with Crippen molar-refractivity contribution in [2.24, 2.45) is 0 Å². The zero-order valence-electron chi connectivity index (χ0n) is 15.4. The topological polar surface area (TPSA) is 52.5 Å². The maximum Gasteiger partial charge on any atom is 0.268 e. The van der Waals surface area contributed by atoms with E-state index in [9.17, 15) is 9.18 Å². The zero-order valence-corrected chi connectivity index (χ0v) is 16.2. The number of aromatic nitrogens is 1. The molecule has 5 nitrogen and oxygen atoms in total. The van der Waals surface area contributed by atoms with Crippen molar-refractivity contribution >= 4 is 27.5 Å². The summed E-state index contributed by atoms with van der Waals surface area (Å²) in [6, 6.07) is 15.9. The number of nitrogens with one attached hydrogen (secondary N) is 1. The third kappa shape index (κ3) is 3.45. The minimum absolute atomic E-state index is 0.178. The molecule has 1 amide bonds. The Kier molecular flexibility index (Phi) is 4.44. The third-order valence-corrected chi connectivity index (χ3v) is 5.73. The molecule has 0 atom stereocenters. The van der Waals surface area contributed by atoms with Crippen LogP contribution in [0, 0.1) is 5.82 Å². The number of nitrogens with zero attached hydrogens (tertiary/aromatic N) is 1. The molecule has 2 aromatic heterocycles. The van der Waals surface area contributed by atoms with Gasteiger partial charge < -0.3 is 19.4 Å². The van der Waals surface area contributed by atoms with Crippen LogP contribution in [-0.4, -0.2) is 17.3 Å². The molecule has 7 heteroatoms. The van der Waals surface area contributed by atoms with Gasteiger partial charge in [0.1, 0.15) is 11.5 Å². The van der Waals surface area contributed by atoms with E-state index >= 15 is 0 Å². The van der Waals surface area contributed by atoms with E-state index in [0.717, 1.165) is 21.3 Å². The highest BCUT2D eigenvalue weighted by atomic mass is 32.1. The van der Waals surface area contributed by atoms with Crippen molar-refractivity contribution in [3.63, 3.8) is 0 Å². The van der Waals surface area contributed by atoms with Gasteiger partial charge in [-0.3, -0.25) is 4.79 Å². The van der Waals surface area contributed by atoms with Crippen LogP contribution in [0.2, 0.25) is 0 Å². The van der Waals surface area contributed by atoms with Crippen molar-refractivity contribution in [3.8, 4) is 11.5 Å². The highest BCUT2D eigenvalue weighted by Gasteiger charge is 2.18. The summed E-state index contributed by atoms with van der Waals surface area (Å²) in [5.41, 5.74) is 3.25. The van der Waals surface area contributed by atoms with E-state index in [1.807, 2.05) is 46.3 Å². The fourth-order valence-electron chi connectivity index (χ4n) is 3.48. The van der Waals surface area contributed by atoms with E-state index in [4.69, 9.17) is 9.47 Å². The van der Waals surface area contributed by atoms with Gasteiger partial charge in [-0.15, -0.1) is 11.3 Å². The molecule has 3 heterocycles. The molecule has 0 bridgehead atoms. The van der Waals surface area contributed by atoms with Crippen molar-refractivity contribution in [2.75, 3.05) is 6.79 Å². The van der Waals surface area contributed by atoms with Crippen LogP contribution >= 0.6 is 11.3 Å². The number of halogens is 1. The molecule has 1 aliphatic rings. The first-order chi connectivity index (χ1) is 14.2. The minimum Gasteiger partial charge on any atom is -0.454 e. The SMILES string of the molecule is O=C(NCc1ccc2c(c1)OCO2)c1cc2sccc2n1Cc1cccc(F)c1. The number of carbonyl (C=O) groups is 1. The van der Waals surface area contributed by atoms with Crippen LogP contribution in [0.3, 0.4) is 0 Å². The number of hydrogen-bond acceptors (Lipinski definition) is 4. The van der Waals surface area contributed by atoms with Crippen LogP contribution < -0.4 is 14.8 Å². The average molecular weight is 408 g/mol. The molecule has 5 rings (SSSR count). The van der Waals surface area contributed by atoms with E-state index in [2.05, 4.69) is 5.32 Å². The van der Waals surface area contributed by atoms with Gasteiger partial charge in [0.15, 0.2) is 11.5 Å². The Hall–Kier alpha value is -3.32. The molecule has 0 fully saturated rings. The molecular weight excluding hydrogens is 391 g/mol. The van der Waals surface area contributed by atoms with Gasteiger partial charge in [0.05, 0.1) is 10.2 Å². The third-order valence-electron chi connectivity index (χ3n) is 4.88. The van der Waals surface area contributed by atoms with Gasteiger partial charge in [0.2, 0.25) is 6.79 Å². The number of fused-ring (bicyclic) bond motifs is 2. The molecule has 0 spiro atoms. The smallest absolute Gasteiger partial charge is 0.268 e. The van der Waals surface area contributed by atoms with Crippen LogP contribution in [0.4, 0.5) is 4.39 Å². The molecule has 4 aromatic rings. The lowest BCUT2D eigenvalue weighted by molar-refractivity contribution is 0.0942. The molecule has 0 unspecified atom stereocenters. The molecule has 1 N–H and O–H groups in total. The predicted molar refractivity (Wildman–Crippen MR) is 109 cm³/mol. The van der Waals surface area contributed by atoms with E-state index < -0.39 is 0 Å². The Morgan fingerprint density at radius 3 is 2.86 bits per heavy atom. The highest BCUT2D eigenvalue weighted by Crippen LogP contribution is 2.32. The molecule has 0 radical (unpaired) electrons. The number of amides is 1. The van der Waals surface area contributed by atoms with Crippen LogP contribution in [0.15, 0.2) is 60.0 Å². The standard InChI is InChI=1S/C22H17FN2O3S/c23-16-3-1-2-15(8-16)12-25-17-6-7-29-21(17)10-18(25)22(26)24-11-14-4-5-19-20(9-14)28-13-27-19/h1-10H,11-13H2,(H,24,26). The van der Waals surface area contributed by atoms with E-state index in [1.165, 1.54) is 12.1 Å². The molecule has 2 aromatic carbocycles. The van der Waals surface area contributed by atoms with E-state index in [-0.39, 0.29) is 18.5 Å². The van der Waals surface area contributed by atoms with Crippen LogP contribution in [-0.2, 0) is 13.1 Å². The minimum atomic E-state index is -0.287. The Morgan fingerprint density at radius 2 is 1.97 bits per heavy atom. The van der Waals surface area contributed by atoms with Gasteiger partial charge in [-0.2, -0.15) is 0 Å². The average Bonchev–Trinajstić information content (AvgIpc) is 3.43. The molecular formula is C22H17FN2O3S. The Labute approximate surface area is 170 Å². The summed E-state index contributed by atoms with van der Waals surface area (Å²) in [4.78, 5) is 12.9. The van der Waals surface area contributed by atoms with Crippen LogP contribution in [0.5, 0.6) is 11.5 Å². The Balaban J connectivity index is 1.39. The first kappa shape index (κ1) is 17.8. The largest absolute Gasteiger partial charge is 0.454 e. The van der Waals surface area contributed by atoms with Gasteiger partial charge >= 0.3 is 0 Å². The summed E-state index contributed by atoms with van der Waals surface area (Å²) < 4.78 is 27.3. The second kappa shape index (κ2) is 7.25. The number of benzene rings is 2. The molecule has 29 heavy (non-hydrogen) atoms. The summed E-state index contributed by atoms with van der Waals surface area (Å²) in [5.74, 6) is 0.934. The molecule has 0 saturated heterocycles. The van der Waals surface area contributed by atoms with Crippen LogP contribution in [0.1, 0.15) is 21.6 Å². The fourth-order valence-corrected chi connectivity index (χ4v) is 4.30. The molecule has 146 valence electrons. The Morgan fingerprint density at radius 1 is 1.07 bits per heavy atom. The second-order valence-electron chi connectivity index (χ2n) is 6.79. The normalized spacial score (nSPS) is 12.4. The van der Waals surface area contributed by atoms with Gasteiger partial charge in [-0.1, -0.05) is 18.2 Å². The van der Waals surface area contributed by atoms with Crippen molar-refractivity contribution in [1.29, 1.82) is 0 Å². The van der Waals surface area contributed by atoms with E-state index in [1.54, 1.807) is 17.4 Å². The number of ether oxygens (including phenoxy) is 2. The lowest BCUT2D eigenvalue weighted by Crippen LogP contribution is -2.25.